The maximum absolute atomic E-state index is 15.2. The molecule has 0 aromatic heterocycles. The predicted molar refractivity (Wildman–Crippen MR) is 90.6 cm³/mol. The zero-order valence-electron chi connectivity index (χ0n) is 16.2. The molecule has 0 amide bonds. The molecule has 4 heteroatoms. The van der Waals surface area contributed by atoms with Crippen molar-refractivity contribution >= 4 is 0 Å². The van der Waals surface area contributed by atoms with E-state index in [1.807, 2.05) is 27.7 Å². The van der Waals surface area contributed by atoms with Crippen LogP contribution in [0.5, 0.6) is 0 Å². The minimum Gasteiger partial charge on any atom is -0.199 e. The Labute approximate surface area is 144 Å². The van der Waals surface area contributed by atoms with Gasteiger partial charge in [-0.25, -0.2) is 0 Å². The van der Waals surface area contributed by atoms with E-state index in [-0.39, 0.29) is 36.5 Å². The van der Waals surface area contributed by atoms with Crippen LogP contribution in [0, 0.1) is 21.7 Å². The predicted octanol–water partition coefficient (Wildman–Crippen LogP) is 7.47. The van der Waals surface area contributed by atoms with E-state index in [2.05, 4.69) is 0 Å². The molecule has 0 nitrogen and oxygen atoms in total. The molecule has 2 aliphatic rings. The van der Waals surface area contributed by atoms with Gasteiger partial charge in [-0.1, -0.05) is 41.5 Å². The number of hydrogen-bond donors (Lipinski definition) is 0. The van der Waals surface area contributed by atoms with Crippen LogP contribution in [0.25, 0.3) is 0 Å². The highest BCUT2D eigenvalue weighted by Crippen LogP contribution is 2.64. The Hall–Kier alpha value is -0.280. The van der Waals surface area contributed by atoms with Crippen molar-refractivity contribution in [2.75, 3.05) is 0 Å². The molecule has 0 aromatic carbocycles. The zero-order valence-corrected chi connectivity index (χ0v) is 16.2. The van der Waals surface area contributed by atoms with Crippen molar-refractivity contribution in [3.8, 4) is 0 Å². The van der Waals surface area contributed by atoms with Crippen molar-refractivity contribution in [1.29, 1.82) is 0 Å². The maximum Gasteiger partial charge on any atom is 0.315 e. The second-order valence-corrected chi connectivity index (χ2v) is 10.6. The van der Waals surface area contributed by atoms with Crippen LogP contribution in [0.1, 0.15) is 92.9 Å². The van der Waals surface area contributed by atoms with Gasteiger partial charge in [-0.3, -0.25) is 0 Å². The summed E-state index contributed by atoms with van der Waals surface area (Å²) in [7, 11) is 0. The summed E-state index contributed by atoms with van der Waals surface area (Å²) in [4.78, 5) is 0. The topological polar surface area (TPSA) is 0 Å². The van der Waals surface area contributed by atoms with Gasteiger partial charge >= 0.3 is 11.8 Å². The van der Waals surface area contributed by atoms with Gasteiger partial charge in [0, 0.05) is 10.8 Å². The van der Waals surface area contributed by atoms with Gasteiger partial charge in [0.05, 0.1) is 0 Å². The number of hydrogen-bond acceptors (Lipinski definition) is 0. The minimum atomic E-state index is -3.97. The van der Waals surface area contributed by atoms with Crippen LogP contribution >= 0.6 is 0 Å². The molecule has 142 valence electrons. The van der Waals surface area contributed by atoms with Crippen LogP contribution in [0.2, 0.25) is 0 Å². The fourth-order valence-electron chi connectivity index (χ4n) is 4.34. The Morgan fingerprint density at radius 3 is 0.875 bits per heavy atom. The van der Waals surface area contributed by atoms with E-state index in [1.54, 1.807) is 0 Å². The van der Waals surface area contributed by atoms with Crippen molar-refractivity contribution in [3.63, 3.8) is 0 Å². The third-order valence-electron chi connectivity index (χ3n) is 7.32. The third kappa shape index (κ3) is 3.11. The first-order valence-electron chi connectivity index (χ1n) is 9.33. The molecule has 2 aliphatic carbocycles. The van der Waals surface area contributed by atoms with Gasteiger partial charge in [-0.2, -0.15) is 17.6 Å². The van der Waals surface area contributed by atoms with Crippen molar-refractivity contribution in [2.24, 2.45) is 21.7 Å². The fourth-order valence-corrected chi connectivity index (χ4v) is 4.34. The minimum absolute atomic E-state index is 0.0242. The first kappa shape index (κ1) is 20.0. The van der Waals surface area contributed by atoms with Gasteiger partial charge in [-0.15, -0.1) is 0 Å². The first-order chi connectivity index (χ1) is 10.6. The number of halogens is 4. The molecular weight excluding hydrogens is 316 g/mol. The molecular formula is C20H34F4. The second-order valence-electron chi connectivity index (χ2n) is 10.6. The standard InChI is InChI=1S/C20H34F4/c1-15(2)7-11-17(5,12-8-15)19(21,22)20(23,24)18(6)13-9-16(3,4)10-14-18/h7-14H2,1-6H3. The lowest BCUT2D eigenvalue weighted by atomic mass is 9.57. The van der Waals surface area contributed by atoms with Gasteiger partial charge in [-0.05, 0) is 62.2 Å². The average molecular weight is 350 g/mol. The summed E-state index contributed by atoms with van der Waals surface area (Å²) >= 11 is 0. The summed E-state index contributed by atoms with van der Waals surface area (Å²) in [5, 5.41) is 0. The van der Waals surface area contributed by atoms with Gasteiger partial charge in [0.15, 0.2) is 0 Å². The Morgan fingerprint density at radius 2 is 0.667 bits per heavy atom. The lowest BCUT2D eigenvalue weighted by molar-refractivity contribution is -0.321. The number of alkyl halides is 4. The summed E-state index contributed by atoms with van der Waals surface area (Å²) in [6.07, 6.45) is 3.01. The van der Waals surface area contributed by atoms with Crippen LogP contribution in [0.3, 0.4) is 0 Å². The highest BCUT2D eigenvalue weighted by Gasteiger charge is 2.73. The van der Waals surface area contributed by atoms with Crippen LogP contribution in [-0.4, -0.2) is 11.8 Å². The van der Waals surface area contributed by atoms with Gasteiger partial charge < -0.3 is 0 Å². The molecule has 0 atom stereocenters. The second kappa shape index (κ2) is 5.61. The maximum atomic E-state index is 15.2. The molecule has 0 saturated heterocycles. The first-order valence-corrected chi connectivity index (χ1v) is 9.33. The molecule has 2 rings (SSSR count). The molecule has 0 aliphatic heterocycles. The van der Waals surface area contributed by atoms with E-state index in [4.69, 9.17) is 0 Å². The van der Waals surface area contributed by atoms with Crippen molar-refractivity contribution in [2.45, 2.75) is 105 Å². The largest absolute Gasteiger partial charge is 0.315 e. The summed E-state index contributed by atoms with van der Waals surface area (Å²) in [6, 6.07) is 0. The molecule has 0 unspecified atom stereocenters. The molecule has 0 N–H and O–H groups in total. The van der Waals surface area contributed by atoms with Crippen LogP contribution in [-0.2, 0) is 0 Å². The Bertz CT molecular complexity index is 412. The molecule has 0 radical (unpaired) electrons. The summed E-state index contributed by atoms with van der Waals surface area (Å²) in [5.41, 5.74) is -3.27. The number of rotatable bonds is 3. The van der Waals surface area contributed by atoms with Crippen LogP contribution in [0.4, 0.5) is 17.6 Å². The van der Waals surface area contributed by atoms with E-state index in [0.29, 0.717) is 25.7 Å². The molecule has 0 heterocycles. The Morgan fingerprint density at radius 1 is 0.458 bits per heavy atom. The van der Waals surface area contributed by atoms with E-state index < -0.39 is 22.7 Å². The highest BCUT2D eigenvalue weighted by molar-refractivity contribution is 5.09. The van der Waals surface area contributed by atoms with Gasteiger partial charge in [0.1, 0.15) is 0 Å². The Balaban J connectivity index is 2.26. The SMILES string of the molecule is CC1(C)CCC(C)(C(F)(F)C(F)(F)C2(C)CCC(C)(C)CC2)CC1. The summed E-state index contributed by atoms with van der Waals surface area (Å²) < 4.78 is 60.8. The smallest absolute Gasteiger partial charge is 0.199 e. The van der Waals surface area contributed by atoms with Gasteiger partial charge in [0.2, 0.25) is 0 Å². The van der Waals surface area contributed by atoms with Gasteiger partial charge in [0.25, 0.3) is 0 Å². The normalized spacial score (nSPS) is 29.2. The van der Waals surface area contributed by atoms with Crippen LogP contribution < -0.4 is 0 Å². The summed E-state index contributed by atoms with van der Waals surface area (Å²) in [6.45, 7) is 10.9. The highest BCUT2D eigenvalue weighted by atomic mass is 19.3. The van der Waals surface area contributed by atoms with E-state index in [9.17, 15) is 0 Å². The quantitative estimate of drug-likeness (QED) is 0.463. The monoisotopic (exact) mass is 350 g/mol. The Kier molecular flexibility index (Phi) is 4.68. The molecule has 24 heavy (non-hydrogen) atoms. The zero-order chi connectivity index (χ0) is 18.7. The van der Waals surface area contributed by atoms with E-state index in [1.165, 1.54) is 13.8 Å². The molecule has 2 saturated carbocycles. The van der Waals surface area contributed by atoms with Crippen molar-refractivity contribution in [3.05, 3.63) is 0 Å². The van der Waals surface area contributed by atoms with E-state index >= 15 is 17.6 Å². The molecule has 0 spiro atoms. The van der Waals surface area contributed by atoms with E-state index in [0.717, 1.165) is 0 Å². The fraction of sp³-hybridized carbons (Fsp3) is 1.00. The summed E-state index contributed by atoms with van der Waals surface area (Å²) in [5.74, 6) is -7.93. The van der Waals surface area contributed by atoms with Crippen molar-refractivity contribution in [1.82, 2.24) is 0 Å². The van der Waals surface area contributed by atoms with Crippen LogP contribution in [0.15, 0.2) is 0 Å². The lowest BCUT2D eigenvalue weighted by Gasteiger charge is -2.53. The average Bonchev–Trinajstić information content (AvgIpc) is 2.45. The molecule has 2 fully saturated rings. The molecule has 0 bridgehead atoms. The van der Waals surface area contributed by atoms with Crippen molar-refractivity contribution < 1.29 is 17.6 Å². The third-order valence-corrected chi connectivity index (χ3v) is 7.32. The molecule has 0 aromatic rings. The lowest BCUT2D eigenvalue weighted by Crippen LogP contribution is -2.61.